The molecule has 9 heteroatoms. The number of carbonyl (C=O) groups excluding carboxylic acids is 2. The van der Waals surface area contributed by atoms with E-state index in [4.69, 9.17) is 10.2 Å². The minimum absolute atomic E-state index is 0.0167. The number of aromatic nitrogens is 3. The van der Waals surface area contributed by atoms with Gasteiger partial charge in [-0.05, 0) is 73.0 Å². The van der Waals surface area contributed by atoms with Crippen LogP contribution in [0, 0.1) is 0 Å². The normalized spacial score (nSPS) is 12.9. The van der Waals surface area contributed by atoms with Crippen LogP contribution in [0.3, 0.4) is 0 Å². The van der Waals surface area contributed by atoms with Crippen molar-refractivity contribution in [1.29, 1.82) is 0 Å². The number of carbonyl (C=O) groups is 2. The monoisotopic (exact) mass is 601 g/mol. The van der Waals surface area contributed by atoms with Gasteiger partial charge in [-0.3, -0.25) is 9.59 Å². The average Bonchev–Trinajstić information content (AvgIpc) is 3.61. The number of nitrogens with two attached hydrogens (primary N) is 1. The van der Waals surface area contributed by atoms with Crippen molar-refractivity contribution in [3.8, 4) is 0 Å². The average molecular weight is 602 g/mol. The van der Waals surface area contributed by atoms with Crippen LogP contribution in [0.1, 0.15) is 75.0 Å². The van der Waals surface area contributed by atoms with Crippen molar-refractivity contribution in [3.05, 3.63) is 84.6 Å². The summed E-state index contributed by atoms with van der Waals surface area (Å²) in [5, 5.41) is 4.30. The fourth-order valence-corrected chi connectivity index (χ4v) is 5.95. The summed E-state index contributed by atoms with van der Waals surface area (Å²) >= 11 is 0. The summed E-state index contributed by atoms with van der Waals surface area (Å²) < 4.78 is 10.7. The van der Waals surface area contributed by atoms with Gasteiger partial charge in [-0.15, -0.1) is 0 Å². The summed E-state index contributed by atoms with van der Waals surface area (Å²) in [7, 11) is -1.98. The summed E-state index contributed by atoms with van der Waals surface area (Å²) in [5.41, 5.74) is 8.94. The standard InChI is InChI=1S/C34H47N5O3Si/c1-34(2,3)43(4,5)42-24-29(39-23-30(33(35)41)36-25-39)19-21-38-20-18-27-16-17-28(22-31(27)38)37-32(40)15-11-7-10-14-26-12-8-6-9-13-26/h6,8-9,12-13,16-18,20,22-23,25,29H,7,10-11,14-15,19,21,24H2,1-5H3,(H2,35,41)(H,37,40)/t29-/m1/s1. The molecular weight excluding hydrogens is 554 g/mol. The van der Waals surface area contributed by atoms with E-state index in [0.717, 1.165) is 55.2 Å². The maximum atomic E-state index is 12.7. The zero-order chi connectivity index (χ0) is 31.0. The predicted molar refractivity (Wildman–Crippen MR) is 177 cm³/mol. The first-order valence-electron chi connectivity index (χ1n) is 15.3. The third kappa shape index (κ3) is 8.90. The van der Waals surface area contributed by atoms with E-state index in [1.54, 1.807) is 12.5 Å². The Kier molecular flexibility index (Phi) is 10.6. The number of hydrogen-bond donors (Lipinski definition) is 2. The number of primary amides is 1. The molecule has 0 fully saturated rings. The van der Waals surface area contributed by atoms with Gasteiger partial charge in [0.05, 0.1) is 24.5 Å². The van der Waals surface area contributed by atoms with E-state index in [0.29, 0.717) is 13.0 Å². The molecule has 0 radical (unpaired) electrons. The second-order valence-electron chi connectivity index (χ2n) is 13.0. The number of unbranched alkanes of at least 4 members (excludes halogenated alkanes) is 2. The molecule has 0 aliphatic heterocycles. The topological polar surface area (TPSA) is 104 Å². The van der Waals surface area contributed by atoms with E-state index in [1.165, 1.54) is 5.56 Å². The number of imidazole rings is 1. The van der Waals surface area contributed by atoms with Crippen LogP contribution in [0.25, 0.3) is 10.9 Å². The van der Waals surface area contributed by atoms with Crippen LogP contribution >= 0.6 is 0 Å². The van der Waals surface area contributed by atoms with Gasteiger partial charge in [0, 0.05) is 31.0 Å². The number of rotatable bonds is 15. The summed E-state index contributed by atoms with van der Waals surface area (Å²) in [5.74, 6) is -0.494. The minimum Gasteiger partial charge on any atom is -0.415 e. The van der Waals surface area contributed by atoms with Crippen molar-refractivity contribution in [2.24, 2.45) is 5.73 Å². The lowest BCUT2D eigenvalue weighted by molar-refractivity contribution is -0.116. The van der Waals surface area contributed by atoms with Gasteiger partial charge in [-0.25, -0.2) is 4.98 Å². The predicted octanol–water partition coefficient (Wildman–Crippen LogP) is 7.33. The molecule has 2 heterocycles. The molecule has 8 nitrogen and oxygen atoms in total. The van der Waals surface area contributed by atoms with Crippen molar-refractivity contribution in [2.45, 2.75) is 90.0 Å². The highest BCUT2D eigenvalue weighted by Gasteiger charge is 2.37. The fourth-order valence-electron chi connectivity index (χ4n) is 4.91. The second-order valence-corrected chi connectivity index (χ2v) is 17.8. The van der Waals surface area contributed by atoms with E-state index in [9.17, 15) is 9.59 Å². The number of anilines is 1. The number of hydrogen-bond acceptors (Lipinski definition) is 4. The second kappa shape index (κ2) is 14.2. The Morgan fingerprint density at radius 1 is 1.05 bits per heavy atom. The van der Waals surface area contributed by atoms with Gasteiger partial charge in [0.2, 0.25) is 5.91 Å². The van der Waals surface area contributed by atoms with Gasteiger partial charge in [-0.2, -0.15) is 0 Å². The molecule has 43 heavy (non-hydrogen) atoms. The Hall–Kier alpha value is -3.69. The van der Waals surface area contributed by atoms with E-state index < -0.39 is 14.2 Å². The molecule has 230 valence electrons. The Morgan fingerprint density at radius 2 is 1.81 bits per heavy atom. The number of aryl methyl sites for hydroxylation is 2. The van der Waals surface area contributed by atoms with Crippen molar-refractivity contribution >= 4 is 36.7 Å². The molecule has 4 aromatic rings. The third-order valence-electron chi connectivity index (χ3n) is 8.69. The molecule has 2 aromatic heterocycles. The maximum absolute atomic E-state index is 12.7. The summed E-state index contributed by atoms with van der Waals surface area (Å²) in [6.07, 6.45) is 10.8. The highest BCUT2D eigenvalue weighted by molar-refractivity contribution is 6.74. The molecule has 4 rings (SSSR count). The fraction of sp³-hybridized carbons (Fsp3) is 0.441. The first-order valence-corrected chi connectivity index (χ1v) is 18.2. The van der Waals surface area contributed by atoms with Crippen LogP contribution in [-0.4, -0.2) is 40.9 Å². The van der Waals surface area contributed by atoms with E-state index in [1.807, 2.05) is 28.8 Å². The largest absolute Gasteiger partial charge is 0.415 e. The lowest BCUT2D eigenvalue weighted by atomic mass is 10.1. The van der Waals surface area contributed by atoms with Gasteiger partial charge >= 0.3 is 0 Å². The van der Waals surface area contributed by atoms with E-state index in [-0.39, 0.29) is 22.7 Å². The molecule has 2 amide bonds. The molecule has 0 aliphatic carbocycles. The Morgan fingerprint density at radius 3 is 2.51 bits per heavy atom. The van der Waals surface area contributed by atoms with E-state index >= 15 is 0 Å². The van der Waals surface area contributed by atoms with Crippen LogP contribution < -0.4 is 11.1 Å². The number of amides is 2. The lowest BCUT2D eigenvalue weighted by Gasteiger charge is -2.37. The van der Waals surface area contributed by atoms with Crippen LogP contribution in [0.2, 0.25) is 18.1 Å². The number of nitrogens with one attached hydrogen (secondary N) is 1. The Bertz CT molecular complexity index is 1500. The van der Waals surface area contributed by atoms with Gasteiger partial charge in [0.15, 0.2) is 8.32 Å². The molecule has 0 spiro atoms. The van der Waals surface area contributed by atoms with Gasteiger partial charge in [0.25, 0.3) is 5.91 Å². The molecule has 0 unspecified atom stereocenters. The number of benzene rings is 2. The Labute approximate surface area is 256 Å². The summed E-state index contributed by atoms with van der Waals surface area (Å²) in [6, 6.07) is 18.6. The molecule has 2 aromatic carbocycles. The van der Waals surface area contributed by atoms with Gasteiger partial charge in [-0.1, -0.05) is 63.6 Å². The number of fused-ring (bicyclic) bond motifs is 1. The quantitative estimate of drug-likeness (QED) is 0.110. The van der Waals surface area contributed by atoms with Gasteiger partial charge in [0.1, 0.15) is 5.69 Å². The SMILES string of the molecule is CC(C)(C)[Si](C)(C)OC[C@@H](CCn1ccc2ccc(NC(=O)CCCCCc3ccccc3)cc21)n1cnc(C(N)=O)c1. The maximum Gasteiger partial charge on any atom is 0.268 e. The zero-order valence-corrected chi connectivity index (χ0v) is 27.3. The number of nitrogens with zero attached hydrogens (tertiary/aromatic N) is 3. The molecular formula is C34H47N5O3Si. The summed E-state index contributed by atoms with van der Waals surface area (Å²) in [4.78, 5) is 28.6. The first kappa shape index (κ1) is 32.2. The minimum atomic E-state index is -1.98. The smallest absolute Gasteiger partial charge is 0.268 e. The van der Waals surface area contributed by atoms with Crippen LogP contribution in [0.15, 0.2) is 73.3 Å². The third-order valence-corrected chi connectivity index (χ3v) is 13.2. The molecule has 0 saturated carbocycles. The molecule has 0 bridgehead atoms. The van der Waals surface area contributed by atoms with Crippen LogP contribution in [0.4, 0.5) is 5.69 Å². The highest BCUT2D eigenvalue weighted by Crippen LogP contribution is 2.37. The molecule has 3 N–H and O–H groups in total. The highest BCUT2D eigenvalue weighted by atomic mass is 28.4. The van der Waals surface area contributed by atoms with Crippen molar-refractivity contribution in [3.63, 3.8) is 0 Å². The zero-order valence-electron chi connectivity index (χ0n) is 26.3. The van der Waals surface area contributed by atoms with Crippen LogP contribution in [0.5, 0.6) is 0 Å². The van der Waals surface area contributed by atoms with Gasteiger partial charge < -0.3 is 24.6 Å². The molecule has 1 atom stereocenters. The lowest BCUT2D eigenvalue weighted by Crippen LogP contribution is -2.42. The molecule has 0 saturated heterocycles. The Balaban J connectivity index is 1.37. The van der Waals surface area contributed by atoms with Crippen molar-refractivity contribution in [1.82, 2.24) is 14.1 Å². The first-order chi connectivity index (χ1) is 20.4. The van der Waals surface area contributed by atoms with Crippen molar-refractivity contribution < 1.29 is 14.0 Å². The van der Waals surface area contributed by atoms with Crippen LogP contribution in [-0.2, 0) is 22.2 Å². The van der Waals surface area contributed by atoms with E-state index in [2.05, 4.69) is 85.3 Å². The summed E-state index contributed by atoms with van der Waals surface area (Å²) in [6.45, 7) is 12.4. The molecule has 0 aliphatic rings. The van der Waals surface area contributed by atoms with Crippen molar-refractivity contribution in [2.75, 3.05) is 11.9 Å².